The van der Waals surface area contributed by atoms with Crippen molar-refractivity contribution in [2.45, 2.75) is 116 Å². The van der Waals surface area contributed by atoms with E-state index in [4.69, 9.17) is 4.43 Å². The zero-order valence-corrected chi connectivity index (χ0v) is 15.8. The van der Waals surface area contributed by atoms with Gasteiger partial charge in [-0.25, -0.2) is 0 Å². The molecule has 0 aromatic heterocycles. The summed E-state index contributed by atoms with van der Waals surface area (Å²) in [6.07, 6.45) is 16.0. The monoisotopic (exact) mass is 298 g/mol. The molecule has 1 aliphatic rings. The van der Waals surface area contributed by atoms with Crippen molar-refractivity contribution in [3.8, 4) is 0 Å². The van der Waals surface area contributed by atoms with Crippen LogP contribution in [-0.4, -0.2) is 14.4 Å². The van der Waals surface area contributed by atoms with Crippen LogP contribution in [0.25, 0.3) is 0 Å². The first-order valence-corrected chi connectivity index (χ1v) is 11.9. The summed E-state index contributed by atoms with van der Waals surface area (Å²) in [4.78, 5) is 0. The van der Waals surface area contributed by atoms with Crippen LogP contribution in [0.2, 0.25) is 18.1 Å². The Morgan fingerprint density at radius 1 is 0.700 bits per heavy atom. The van der Waals surface area contributed by atoms with Crippen LogP contribution < -0.4 is 0 Å². The summed E-state index contributed by atoms with van der Waals surface area (Å²) in [7, 11) is -1.58. The fourth-order valence-electron chi connectivity index (χ4n) is 2.84. The quantitative estimate of drug-likeness (QED) is 0.516. The van der Waals surface area contributed by atoms with Gasteiger partial charge in [-0.2, -0.15) is 0 Å². The Morgan fingerprint density at radius 2 is 1.05 bits per heavy atom. The predicted molar refractivity (Wildman–Crippen MR) is 92.9 cm³/mol. The molecule has 0 aliphatic heterocycles. The van der Waals surface area contributed by atoms with Crippen LogP contribution >= 0.6 is 0 Å². The molecule has 0 aromatic rings. The van der Waals surface area contributed by atoms with Crippen molar-refractivity contribution in [3.63, 3.8) is 0 Å². The Morgan fingerprint density at radius 3 is 1.40 bits per heavy atom. The molecule has 0 spiro atoms. The van der Waals surface area contributed by atoms with E-state index in [9.17, 15) is 0 Å². The van der Waals surface area contributed by atoms with Crippen LogP contribution in [0.5, 0.6) is 0 Å². The lowest BCUT2D eigenvalue weighted by Gasteiger charge is -2.39. The first kappa shape index (κ1) is 18.2. The van der Waals surface area contributed by atoms with E-state index in [0.717, 1.165) is 0 Å². The second-order valence-corrected chi connectivity index (χ2v) is 13.0. The molecule has 0 heterocycles. The smallest absolute Gasteiger partial charge is 0.192 e. The van der Waals surface area contributed by atoms with Crippen LogP contribution in [0.1, 0.15) is 91.4 Å². The molecular formula is C18H38OSi. The molecule has 1 aliphatic carbocycles. The van der Waals surface area contributed by atoms with Gasteiger partial charge in [0.2, 0.25) is 0 Å². The second-order valence-electron chi connectivity index (χ2n) is 8.26. The van der Waals surface area contributed by atoms with Crippen molar-refractivity contribution in [2.75, 3.05) is 0 Å². The van der Waals surface area contributed by atoms with Gasteiger partial charge in [-0.05, 0) is 31.0 Å². The molecule has 1 fully saturated rings. The highest BCUT2D eigenvalue weighted by Crippen LogP contribution is 2.38. The molecule has 0 N–H and O–H groups in total. The van der Waals surface area contributed by atoms with E-state index < -0.39 is 8.32 Å². The van der Waals surface area contributed by atoms with Crippen molar-refractivity contribution in [3.05, 3.63) is 0 Å². The van der Waals surface area contributed by atoms with Crippen molar-refractivity contribution >= 4 is 8.32 Å². The molecule has 0 amide bonds. The van der Waals surface area contributed by atoms with Gasteiger partial charge in [-0.3, -0.25) is 0 Å². The average molecular weight is 299 g/mol. The van der Waals surface area contributed by atoms with Gasteiger partial charge in [0.1, 0.15) is 0 Å². The summed E-state index contributed by atoms with van der Waals surface area (Å²) in [5.74, 6) is 0. The first-order valence-electron chi connectivity index (χ1n) is 9.01. The Bertz CT molecular complexity index is 243. The van der Waals surface area contributed by atoms with E-state index >= 15 is 0 Å². The minimum absolute atomic E-state index is 0.344. The van der Waals surface area contributed by atoms with Crippen LogP contribution in [0.4, 0.5) is 0 Å². The molecule has 1 rings (SSSR count). The fraction of sp³-hybridized carbons (Fsp3) is 1.00. The molecule has 20 heavy (non-hydrogen) atoms. The maximum atomic E-state index is 6.69. The molecule has 120 valence electrons. The van der Waals surface area contributed by atoms with Gasteiger partial charge in [0.05, 0.1) is 0 Å². The van der Waals surface area contributed by atoms with Crippen LogP contribution in [0, 0.1) is 0 Å². The Balaban J connectivity index is 2.50. The van der Waals surface area contributed by atoms with Gasteiger partial charge in [0, 0.05) is 6.10 Å². The zero-order chi connectivity index (χ0) is 15.1. The largest absolute Gasteiger partial charge is 0.414 e. The maximum Gasteiger partial charge on any atom is 0.192 e. The number of hydrogen-bond donors (Lipinski definition) is 0. The molecule has 0 bridgehead atoms. The third-order valence-corrected chi connectivity index (χ3v) is 9.85. The molecule has 0 radical (unpaired) electrons. The summed E-state index contributed by atoms with van der Waals surface area (Å²) in [6.45, 7) is 11.9. The molecule has 1 nitrogen and oxygen atoms in total. The minimum Gasteiger partial charge on any atom is -0.414 e. The van der Waals surface area contributed by atoms with Gasteiger partial charge >= 0.3 is 0 Å². The molecule has 2 heteroatoms. The van der Waals surface area contributed by atoms with Gasteiger partial charge in [0.25, 0.3) is 0 Å². The van der Waals surface area contributed by atoms with Crippen molar-refractivity contribution in [2.24, 2.45) is 0 Å². The number of rotatable bonds is 2. The molecule has 0 unspecified atom stereocenters. The highest BCUT2D eigenvalue weighted by molar-refractivity contribution is 6.74. The Labute approximate surface area is 129 Å². The van der Waals surface area contributed by atoms with Crippen molar-refractivity contribution in [1.29, 1.82) is 0 Å². The number of hydrogen-bond acceptors (Lipinski definition) is 1. The standard InChI is InChI=1S/C18H38OSi/c1-18(2,3)20(4,5)19-17-15-13-11-9-7-6-8-10-12-14-16-17/h17H,6-16H2,1-5H3. The molecule has 0 aromatic carbocycles. The highest BCUT2D eigenvalue weighted by atomic mass is 28.4. The summed E-state index contributed by atoms with van der Waals surface area (Å²) in [5, 5.41) is 0.344. The average Bonchev–Trinajstić information content (AvgIpc) is 2.31. The summed E-state index contributed by atoms with van der Waals surface area (Å²) in [6, 6.07) is 0. The van der Waals surface area contributed by atoms with Crippen LogP contribution in [0.3, 0.4) is 0 Å². The second kappa shape index (κ2) is 8.58. The lowest BCUT2D eigenvalue weighted by molar-refractivity contribution is 0.153. The normalized spacial score (nSPS) is 22.1. The third kappa shape index (κ3) is 6.75. The van der Waals surface area contributed by atoms with Crippen LogP contribution in [-0.2, 0) is 4.43 Å². The highest BCUT2D eigenvalue weighted by Gasteiger charge is 2.38. The van der Waals surface area contributed by atoms with Crippen molar-refractivity contribution in [1.82, 2.24) is 0 Å². The Hall–Kier alpha value is 0.177. The topological polar surface area (TPSA) is 9.23 Å². The van der Waals surface area contributed by atoms with E-state index in [2.05, 4.69) is 33.9 Å². The van der Waals surface area contributed by atoms with E-state index in [1.165, 1.54) is 70.6 Å². The predicted octanol–water partition coefficient (Wildman–Crippen LogP) is 6.68. The molecule has 1 saturated carbocycles. The molecular weight excluding hydrogens is 260 g/mol. The van der Waals surface area contributed by atoms with E-state index in [0.29, 0.717) is 11.1 Å². The summed E-state index contributed by atoms with van der Waals surface area (Å²) >= 11 is 0. The van der Waals surface area contributed by atoms with Gasteiger partial charge in [-0.1, -0.05) is 78.6 Å². The van der Waals surface area contributed by atoms with E-state index in [1.807, 2.05) is 0 Å². The Kier molecular flexibility index (Phi) is 7.82. The zero-order valence-electron chi connectivity index (χ0n) is 14.8. The molecule has 0 atom stereocenters. The maximum absolute atomic E-state index is 6.69. The SMILES string of the molecule is CC(C)(C)[Si](C)(C)OC1CCCCCCCCCCC1. The fourth-order valence-corrected chi connectivity index (χ4v) is 4.26. The third-order valence-electron chi connectivity index (χ3n) is 5.32. The van der Waals surface area contributed by atoms with Gasteiger partial charge in [-0.15, -0.1) is 0 Å². The van der Waals surface area contributed by atoms with E-state index in [1.54, 1.807) is 0 Å². The lowest BCUT2D eigenvalue weighted by Crippen LogP contribution is -2.44. The summed E-state index contributed by atoms with van der Waals surface area (Å²) < 4.78 is 6.69. The van der Waals surface area contributed by atoms with Gasteiger partial charge in [0.15, 0.2) is 8.32 Å². The minimum atomic E-state index is -1.58. The molecule has 0 saturated heterocycles. The van der Waals surface area contributed by atoms with Gasteiger partial charge < -0.3 is 4.43 Å². The lowest BCUT2D eigenvalue weighted by atomic mass is 10.00. The first-order chi connectivity index (χ1) is 9.33. The summed E-state index contributed by atoms with van der Waals surface area (Å²) in [5.41, 5.74) is 0. The van der Waals surface area contributed by atoms with Crippen LogP contribution in [0.15, 0.2) is 0 Å². The van der Waals surface area contributed by atoms with Crippen molar-refractivity contribution < 1.29 is 4.43 Å². The van der Waals surface area contributed by atoms with E-state index in [-0.39, 0.29) is 0 Å².